The van der Waals surface area contributed by atoms with Crippen molar-refractivity contribution in [1.29, 1.82) is 0 Å². The van der Waals surface area contributed by atoms with Crippen molar-refractivity contribution >= 4 is 35.0 Å². The third kappa shape index (κ3) is 3.88. The number of benzene rings is 1. The van der Waals surface area contributed by atoms with Gasteiger partial charge in [0.25, 0.3) is 5.03 Å². The normalized spacial score (nSPS) is 11.9. The van der Waals surface area contributed by atoms with Crippen molar-refractivity contribution in [1.82, 2.24) is 0 Å². The number of aromatic nitrogens is 1. The Morgan fingerprint density at radius 2 is 2.00 bits per heavy atom. The van der Waals surface area contributed by atoms with Gasteiger partial charge < -0.3 is 10.5 Å². The third-order valence-electron chi connectivity index (χ3n) is 2.57. The van der Waals surface area contributed by atoms with Gasteiger partial charge in [-0.15, -0.1) is 0 Å². The van der Waals surface area contributed by atoms with Gasteiger partial charge in [-0.3, -0.25) is 4.79 Å². The second-order valence-electron chi connectivity index (χ2n) is 4.12. The van der Waals surface area contributed by atoms with E-state index in [4.69, 9.17) is 11.6 Å². The Kier molecular flexibility index (Phi) is 4.87. The summed E-state index contributed by atoms with van der Waals surface area (Å²) in [6.07, 6.45) is 1.41. The molecule has 6 heteroatoms. The molecule has 0 aliphatic rings. The molecule has 4 nitrogen and oxygen atoms in total. The van der Waals surface area contributed by atoms with Crippen LogP contribution in [0, 0.1) is 5.21 Å². The highest BCUT2D eigenvalue weighted by Crippen LogP contribution is 2.21. The minimum Gasteiger partial charge on any atom is -0.618 e. The van der Waals surface area contributed by atoms with Crippen LogP contribution in [0.4, 0.5) is 5.69 Å². The highest BCUT2D eigenvalue weighted by atomic mass is 35.5. The van der Waals surface area contributed by atoms with Crippen LogP contribution < -0.4 is 10.0 Å². The molecule has 0 aliphatic carbocycles. The van der Waals surface area contributed by atoms with Gasteiger partial charge >= 0.3 is 0 Å². The fourth-order valence-corrected chi connectivity index (χ4v) is 2.49. The van der Waals surface area contributed by atoms with E-state index < -0.39 is 0 Å². The van der Waals surface area contributed by atoms with E-state index in [-0.39, 0.29) is 11.2 Å². The van der Waals surface area contributed by atoms with Crippen LogP contribution in [-0.2, 0) is 4.79 Å². The highest BCUT2D eigenvalue weighted by Gasteiger charge is 2.18. The van der Waals surface area contributed by atoms with Gasteiger partial charge in [0.05, 0.1) is 5.25 Å². The number of thioether (sulfide) groups is 1. The number of rotatable bonds is 4. The molecule has 0 saturated carbocycles. The van der Waals surface area contributed by atoms with Gasteiger partial charge in [-0.05, 0) is 49.0 Å². The molecule has 0 aliphatic heterocycles. The minimum atomic E-state index is -0.381. The zero-order chi connectivity index (χ0) is 14.5. The monoisotopic (exact) mass is 308 g/mol. The number of hydrogen-bond acceptors (Lipinski definition) is 3. The molecule has 104 valence electrons. The summed E-state index contributed by atoms with van der Waals surface area (Å²) in [5, 5.41) is 15.0. The number of nitrogens with zero attached hydrogens (tertiary/aromatic N) is 1. The third-order valence-corrected chi connectivity index (χ3v) is 3.94. The van der Waals surface area contributed by atoms with Crippen LogP contribution in [0.15, 0.2) is 53.7 Å². The Morgan fingerprint density at radius 1 is 1.30 bits per heavy atom. The Hall–Kier alpha value is -1.72. The van der Waals surface area contributed by atoms with E-state index in [1.54, 1.807) is 49.4 Å². The summed E-state index contributed by atoms with van der Waals surface area (Å²) >= 11 is 6.99. The summed E-state index contributed by atoms with van der Waals surface area (Å²) < 4.78 is 0.747. The van der Waals surface area contributed by atoms with Crippen molar-refractivity contribution in [2.45, 2.75) is 17.2 Å². The van der Waals surface area contributed by atoms with E-state index in [2.05, 4.69) is 5.32 Å². The first-order chi connectivity index (χ1) is 9.56. The molecule has 1 atom stereocenters. The van der Waals surface area contributed by atoms with Crippen LogP contribution >= 0.6 is 23.4 Å². The lowest BCUT2D eigenvalue weighted by Crippen LogP contribution is -2.30. The van der Waals surface area contributed by atoms with Gasteiger partial charge in [-0.1, -0.05) is 11.6 Å². The van der Waals surface area contributed by atoms with Crippen molar-refractivity contribution in [2.24, 2.45) is 0 Å². The van der Waals surface area contributed by atoms with Crippen LogP contribution in [0.25, 0.3) is 0 Å². The Labute approximate surface area is 126 Å². The van der Waals surface area contributed by atoms with Crippen LogP contribution in [0.2, 0.25) is 5.02 Å². The molecule has 2 rings (SSSR count). The molecule has 1 N–H and O–H groups in total. The number of carbonyl (C=O) groups excluding carboxylic acids is 1. The number of anilines is 1. The SMILES string of the molecule is C[C@H](Sc1cccc[n+]1[O-])C(=O)Nc1ccc(Cl)cc1. The minimum absolute atomic E-state index is 0.166. The van der Waals surface area contributed by atoms with Gasteiger partial charge in [0, 0.05) is 22.8 Å². The van der Waals surface area contributed by atoms with Crippen molar-refractivity contribution in [3.63, 3.8) is 0 Å². The topological polar surface area (TPSA) is 56.0 Å². The maximum absolute atomic E-state index is 12.0. The molecule has 0 unspecified atom stereocenters. The van der Waals surface area contributed by atoms with Crippen molar-refractivity contribution in [3.8, 4) is 0 Å². The van der Waals surface area contributed by atoms with E-state index in [1.807, 2.05) is 0 Å². The quantitative estimate of drug-likeness (QED) is 0.536. The zero-order valence-corrected chi connectivity index (χ0v) is 12.3. The van der Waals surface area contributed by atoms with E-state index >= 15 is 0 Å². The molecule has 2 aromatic rings. The average Bonchev–Trinajstić information content (AvgIpc) is 2.44. The standard InChI is InChI=1S/C14H13ClN2O2S/c1-10(20-13-4-2-3-9-17(13)19)14(18)16-12-7-5-11(15)6-8-12/h2-10H,1H3,(H,16,18)/t10-/m0/s1. The second kappa shape index (κ2) is 6.63. The van der Waals surface area contributed by atoms with E-state index in [9.17, 15) is 10.0 Å². The Bertz CT molecular complexity index is 604. The number of carbonyl (C=O) groups is 1. The first-order valence-electron chi connectivity index (χ1n) is 5.97. The van der Waals surface area contributed by atoms with Crippen molar-refractivity contribution in [3.05, 3.63) is 58.9 Å². The van der Waals surface area contributed by atoms with Crippen molar-refractivity contribution in [2.75, 3.05) is 5.32 Å². The predicted octanol–water partition coefficient (Wildman–Crippen LogP) is 3.09. The largest absolute Gasteiger partial charge is 0.618 e. The fourth-order valence-electron chi connectivity index (χ4n) is 1.52. The molecule has 0 bridgehead atoms. The smallest absolute Gasteiger partial charge is 0.252 e. The maximum atomic E-state index is 12.0. The molecule has 0 fully saturated rings. The first kappa shape index (κ1) is 14.7. The summed E-state index contributed by atoms with van der Waals surface area (Å²) in [7, 11) is 0. The summed E-state index contributed by atoms with van der Waals surface area (Å²) in [6, 6.07) is 12.0. The maximum Gasteiger partial charge on any atom is 0.252 e. The number of amides is 1. The summed E-state index contributed by atoms with van der Waals surface area (Å²) in [6.45, 7) is 1.75. The first-order valence-corrected chi connectivity index (χ1v) is 7.23. The van der Waals surface area contributed by atoms with E-state index in [1.165, 1.54) is 18.0 Å². The number of nitrogens with one attached hydrogen (secondary N) is 1. The van der Waals surface area contributed by atoms with Gasteiger partial charge in [0.1, 0.15) is 0 Å². The Balaban J connectivity index is 1.99. The van der Waals surface area contributed by atoms with E-state index in [0.29, 0.717) is 15.7 Å². The second-order valence-corrected chi connectivity index (χ2v) is 5.92. The lowest BCUT2D eigenvalue weighted by atomic mass is 10.3. The molecule has 0 radical (unpaired) electrons. The zero-order valence-electron chi connectivity index (χ0n) is 10.7. The number of pyridine rings is 1. The van der Waals surface area contributed by atoms with Crippen LogP contribution in [-0.4, -0.2) is 11.2 Å². The number of halogens is 1. The lowest BCUT2D eigenvalue weighted by molar-refractivity contribution is -0.645. The molecular weight excluding hydrogens is 296 g/mol. The Morgan fingerprint density at radius 3 is 2.65 bits per heavy atom. The van der Waals surface area contributed by atoms with Crippen LogP contribution in [0.1, 0.15) is 6.92 Å². The predicted molar refractivity (Wildman–Crippen MR) is 80.8 cm³/mol. The van der Waals surface area contributed by atoms with Crippen molar-refractivity contribution < 1.29 is 9.52 Å². The molecule has 20 heavy (non-hydrogen) atoms. The summed E-state index contributed by atoms with van der Waals surface area (Å²) in [4.78, 5) is 12.0. The molecule has 1 aromatic heterocycles. The van der Waals surface area contributed by atoms with Gasteiger partial charge in [0.2, 0.25) is 5.91 Å². The lowest BCUT2D eigenvalue weighted by Gasteiger charge is -2.11. The average molecular weight is 309 g/mol. The van der Waals surface area contributed by atoms with Gasteiger partial charge in [-0.25, -0.2) is 0 Å². The van der Waals surface area contributed by atoms with Crippen LogP contribution in [0.5, 0.6) is 0 Å². The summed E-state index contributed by atoms with van der Waals surface area (Å²) in [5.74, 6) is -0.166. The van der Waals surface area contributed by atoms with E-state index in [0.717, 1.165) is 4.73 Å². The molecule has 1 amide bonds. The van der Waals surface area contributed by atoms with Gasteiger partial charge in [0.15, 0.2) is 6.20 Å². The fraction of sp³-hybridized carbons (Fsp3) is 0.143. The van der Waals surface area contributed by atoms with Gasteiger partial charge in [-0.2, -0.15) is 4.73 Å². The highest BCUT2D eigenvalue weighted by molar-refractivity contribution is 8.00. The molecular formula is C14H13ClN2O2S. The molecule has 0 saturated heterocycles. The molecule has 1 heterocycles. The molecule has 0 spiro atoms. The molecule has 1 aromatic carbocycles. The van der Waals surface area contributed by atoms with Crippen LogP contribution in [0.3, 0.4) is 0 Å². The number of hydrogen-bond donors (Lipinski definition) is 1. The summed E-state index contributed by atoms with van der Waals surface area (Å²) in [5.41, 5.74) is 0.676.